The highest BCUT2D eigenvalue weighted by atomic mass is 15.1. The molecule has 1 aliphatic heterocycles. The second kappa shape index (κ2) is 7.08. The van der Waals surface area contributed by atoms with Crippen molar-refractivity contribution in [2.24, 2.45) is 11.8 Å². The zero-order chi connectivity index (χ0) is 11.9. The summed E-state index contributed by atoms with van der Waals surface area (Å²) in [6.07, 6.45) is 17.8. The van der Waals surface area contributed by atoms with Crippen LogP contribution < -0.4 is 0 Å². The number of piperidine rings is 1. The number of likely N-dealkylation sites (tertiary alicyclic amines) is 1. The van der Waals surface area contributed by atoms with Crippen LogP contribution in [0.3, 0.4) is 0 Å². The topological polar surface area (TPSA) is 3.24 Å². The molecule has 1 nitrogen and oxygen atoms in total. The van der Waals surface area contributed by atoms with E-state index in [0.29, 0.717) is 0 Å². The van der Waals surface area contributed by atoms with Gasteiger partial charge in [0.25, 0.3) is 0 Å². The Kier molecular flexibility index (Phi) is 5.41. The zero-order valence-corrected chi connectivity index (χ0v) is 11.5. The van der Waals surface area contributed by atoms with Crippen molar-refractivity contribution in [1.29, 1.82) is 0 Å². The minimum atomic E-state index is 0.880. The van der Waals surface area contributed by atoms with Crippen molar-refractivity contribution in [3.63, 3.8) is 0 Å². The first kappa shape index (κ1) is 13.0. The van der Waals surface area contributed by atoms with E-state index in [4.69, 9.17) is 0 Å². The minimum absolute atomic E-state index is 0.880. The number of allylic oxidation sites excluding steroid dienone is 1. The summed E-state index contributed by atoms with van der Waals surface area (Å²) in [5.41, 5.74) is 0. The third kappa shape index (κ3) is 4.37. The van der Waals surface area contributed by atoms with Gasteiger partial charge >= 0.3 is 0 Å². The van der Waals surface area contributed by atoms with Crippen molar-refractivity contribution >= 4 is 0 Å². The molecule has 1 heteroatoms. The molecule has 98 valence electrons. The molecule has 2 aliphatic rings. The first-order valence-electron chi connectivity index (χ1n) is 7.81. The highest BCUT2D eigenvalue weighted by Gasteiger charge is 2.18. The normalized spacial score (nSPS) is 31.0. The van der Waals surface area contributed by atoms with Gasteiger partial charge in [-0.1, -0.05) is 25.8 Å². The molecule has 0 bridgehead atoms. The van der Waals surface area contributed by atoms with E-state index in [1.807, 2.05) is 0 Å². The first-order valence-corrected chi connectivity index (χ1v) is 7.81. The molecule has 0 N–H and O–H groups in total. The van der Waals surface area contributed by atoms with Crippen LogP contribution in [0.5, 0.6) is 0 Å². The Morgan fingerprint density at radius 1 is 1.00 bits per heavy atom. The van der Waals surface area contributed by atoms with E-state index in [2.05, 4.69) is 24.1 Å². The second-order valence-corrected chi connectivity index (χ2v) is 6.01. The summed E-state index contributed by atoms with van der Waals surface area (Å²) in [5.74, 6) is 1.92. The van der Waals surface area contributed by atoms with Gasteiger partial charge in [-0.3, -0.25) is 0 Å². The predicted octanol–water partition coefficient (Wildman–Crippen LogP) is 4.59. The Morgan fingerprint density at radius 3 is 2.35 bits per heavy atom. The maximum Gasteiger partial charge on any atom is 0.0172 e. The molecule has 0 aromatic rings. The lowest BCUT2D eigenvalue weighted by atomic mass is 9.80. The summed E-state index contributed by atoms with van der Waals surface area (Å²) in [6, 6.07) is 0. The van der Waals surface area contributed by atoms with Gasteiger partial charge in [-0.05, 0) is 63.0 Å². The fraction of sp³-hybridized carbons (Fsp3) is 0.875. The standard InChI is InChI=1S/C16H29N/c1-2-6-15-7-9-16(10-8-15)11-14-17-12-4-3-5-13-17/h11,14-16H,2-10,12-13H2,1H3/b14-11+/t15-,16-. The van der Waals surface area contributed by atoms with Crippen molar-refractivity contribution in [2.75, 3.05) is 13.1 Å². The van der Waals surface area contributed by atoms with E-state index in [9.17, 15) is 0 Å². The second-order valence-electron chi connectivity index (χ2n) is 6.01. The molecule has 17 heavy (non-hydrogen) atoms. The quantitative estimate of drug-likeness (QED) is 0.688. The molecule has 1 heterocycles. The molecule has 0 radical (unpaired) electrons. The van der Waals surface area contributed by atoms with E-state index in [1.54, 1.807) is 0 Å². The van der Waals surface area contributed by atoms with Crippen LogP contribution in [-0.2, 0) is 0 Å². The Labute approximate surface area is 107 Å². The van der Waals surface area contributed by atoms with Gasteiger partial charge in [0.1, 0.15) is 0 Å². The summed E-state index contributed by atoms with van der Waals surface area (Å²) in [7, 11) is 0. The van der Waals surface area contributed by atoms with Crippen molar-refractivity contribution in [3.05, 3.63) is 12.3 Å². The fourth-order valence-corrected chi connectivity index (χ4v) is 3.39. The van der Waals surface area contributed by atoms with Crippen molar-refractivity contribution in [2.45, 2.75) is 64.7 Å². The molecule has 0 atom stereocenters. The number of hydrogen-bond acceptors (Lipinski definition) is 1. The van der Waals surface area contributed by atoms with E-state index in [0.717, 1.165) is 11.8 Å². The predicted molar refractivity (Wildman–Crippen MR) is 74.9 cm³/mol. The van der Waals surface area contributed by atoms with Crippen molar-refractivity contribution in [3.8, 4) is 0 Å². The van der Waals surface area contributed by atoms with E-state index >= 15 is 0 Å². The van der Waals surface area contributed by atoms with Gasteiger partial charge in [-0.25, -0.2) is 0 Å². The fourth-order valence-electron chi connectivity index (χ4n) is 3.39. The maximum absolute atomic E-state index is 2.53. The summed E-state index contributed by atoms with van der Waals surface area (Å²) < 4.78 is 0. The molecule has 1 saturated carbocycles. The van der Waals surface area contributed by atoms with Crippen LogP contribution in [-0.4, -0.2) is 18.0 Å². The van der Waals surface area contributed by atoms with Gasteiger partial charge in [0.2, 0.25) is 0 Å². The number of rotatable bonds is 4. The lowest BCUT2D eigenvalue weighted by molar-refractivity contribution is 0.283. The third-order valence-corrected chi connectivity index (χ3v) is 4.55. The van der Waals surface area contributed by atoms with Crippen LogP contribution in [0.4, 0.5) is 0 Å². The van der Waals surface area contributed by atoms with E-state index in [1.165, 1.54) is 70.9 Å². The molecule has 0 aromatic heterocycles. The highest BCUT2D eigenvalue weighted by molar-refractivity contribution is 4.91. The molecule has 0 aromatic carbocycles. The van der Waals surface area contributed by atoms with Crippen LogP contribution in [0.25, 0.3) is 0 Å². The van der Waals surface area contributed by atoms with Crippen LogP contribution in [0.1, 0.15) is 64.7 Å². The Morgan fingerprint density at radius 2 is 1.71 bits per heavy atom. The van der Waals surface area contributed by atoms with Gasteiger partial charge in [-0.2, -0.15) is 0 Å². The van der Waals surface area contributed by atoms with Crippen LogP contribution in [0.15, 0.2) is 12.3 Å². The molecule has 2 fully saturated rings. The van der Waals surface area contributed by atoms with Gasteiger partial charge in [0.15, 0.2) is 0 Å². The smallest absolute Gasteiger partial charge is 0.0172 e. The number of hydrogen-bond donors (Lipinski definition) is 0. The summed E-state index contributed by atoms with van der Waals surface area (Å²) in [5, 5.41) is 0. The Hall–Kier alpha value is -0.460. The number of nitrogens with zero attached hydrogens (tertiary/aromatic N) is 1. The lowest BCUT2D eigenvalue weighted by Gasteiger charge is -2.28. The SMILES string of the molecule is CCC[C@H]1CC[C@H](/C=C/N2CCCCC2)CC1. The van der Waals surface area contributed by atoms with Crippen LogP contribution >= 0.6 is 0 Å². The van der Waals surface area contributed by atoms with Crippen molar-refractivity contribution < 1.29 is 0 Å². The maximum atomic E-state index is 2.53. The van der Waals surface area contributed by atoms with Crippen molar-refractivity contribution in [1.82, 2.24) is 4.90 Å². The summed E-state index contributed by atoms with van der Waals surface area (Å²) >= 11 is 0. The minimum Gasteiger partial charge on any atom is -0.378 e. The van der Waals surface area contributed by atoms with Crippen LogP contribution in [0, 0.1) is 11.8 Å². The molecule has 2 rings (SSSR count). The molecule has 0 amide bonds. The molecular weight excluding hydrogens is 206 g/mol. The molecule has 1 saturated heterocycles. The third-order valence-electron chi connectivity index (χ3n) is 4.55. The van der Waals surface area contributed by atoms with E-state index in [-0.39, 0.29) is 0 Å². The van der Waals surface area contributed by atoms with Crippen LogP contribution in [0.2, 0.25) is 0 Å². The average molecular weight is 235 g/mol. The van der Waals surface area contributed by atoms with Gasteiger partial charge in [-0.15, -0.1) is 0 Å². The van der Waals surface area contributed by atoms with E-state index < -0.39 is 0 Å². The van der Waals surface area contributed by atoms with Gasteiger partial charge in [0, 0.05) is 13.1 Å². The summed E-state index contributed by atoms with van der Waals surface area (Å²) in [4.78, 5) is 2.53. The van der Waals surface area contributed by atoms with Gasteiger partial charge < -0.3 is 4.90 Å². The van der Waals surface area contributed by atoms with Gasteiger partial charge in [0.05, 0.1) is 0 Å². The Bertz CT molecular complexity index is 220. The molecular formula is C16H29N. The summed E-state index contributed by atoms with van der Waals surface area (Å²) in [6.45, 7) is 4.91. The average Bonchev–Trinajstić information content (AvgIpc) is 2.40. The molecule has 0 spiro atoms. The molecule has 0 unspecified atom stereocenters. The first-order chi connectivity index (χ1) is 8.38. The Balaban J connectivity index is 1.68. The lowest BCUT2D eigenvalue weighted by Crippen LogP contribution is -2.24. The highest BCUT2D eigenvalue weighted by Crippen LogP contribution is 2.32. The zero-order valence-electron chi connectivity index (χ0n) is 11.5. The monoisotopic (exact) mass is 235 g/mol. The largest absolute Gasteiger partial charge is 0.378 e. The molecule has 1 aliphatic carbocycles.